The zero-order chi connectivity index (χ0) is 19.3. The van der Waals surface area contributed by atoms with E-state index in [-0.39, 0.29) is 10.8 Å². The lowest BCUT2D eigenvalue weighted by Crippen LogP contribution is -2.53. The first kappa shape index (κ1) is 17.7. The van der Waals surface area contributed by atoms with Gasteiger partial charge in [0.15, 0.2) is 0 Å². The van der Waals surface area contributed by atoms with E-state index in [1.807, 2.05) is 11.3 Å². The summed E-state index contributed by atoms with van der Waals surface area (Å²) in [5, 5.41) is 12.6. The largest absolute Gasteiger partial charge is 0.377 e. The predicted molar refractivity (Wildman–Crippen MR) is 114 cm³/mol. The van der Waals surface area contributed by atoms with Gasteiger partial charge in [0.05, 0.1) is 15.6 Å². The van der Waals surface area contributed by atoms with Gasteiger partial charge in [-0.3, -0.25) is 0 Å². The molecular formula is C25H31NOS. The lowest BCUT2D eigenvalue weighted by Gasteiger charge is -2.57. The van der Waals surface area contributed by atoms with Crippen molar-refractivity contribution in [2.24, 2.45) is 28.6 Å². The van der Waals surface area contributed by atoms with Gasteiger partial charge in [0.25, 0.3) is 0 Å². The number of fused-ring (bicyclic) bond motifs is 7. The Bertz CT molecular complexity index is 919. The normalized spacial score (nSPS) is 46.6. The molecule has 3 fully saturated rings. The summed E-state index contributed by atoms with van der Waals surface area (Å²) in [6.07, 6.45) is 18.8. The number of nitrogens with zero attached hydrogens (tertiary/aromatic N) is 1. The van der Waals surface area contributed by atoms with Gasteiger partial charge in [-0.2, -0.15) is 0 Å². The Morgan fingerprint density at radius 1 is 1.14 bits per heavy atom. The predicted octanol–water partition coefficient (Wildman–Crippen LogP) is 5.57. The van der Waals surface area contributed by atoms with Crippen LogP contribution in [0, 0.1) is 40.9 Å². The van der Waals surface area contributed by atoms with Gasteiger partial charge in [-0.1, -0.05) is 25.8 Å². The van der Waals surface area contributed by atoms with Crippen molar-refractivity contribution in [1.29, 1.82) is 0 Å². The number of aryl methyl sites for hydroxylation is 1. The molecule has 5 aliphatic carbocycles. The Kier molecular flexibility index (Phi) is 3.50. The van der Waals surface area contributed by atoms with Crippen molar-refractivity contribution in [3.63, 3.8) is 0 Å². The summed E-state index contributed by atoms with van der Waals surface area (Å²) in [6, 6.07) is 0. The number of aliphatic hydroxyl groups is 1. The monoisotopic (exact) mass is 393 g/mol. The molecule has 6 rings (SSSR count). The van der Waals surface area contributed by atoms with Crippen LogP contribution in [0.15, 0.2) is 6.08 Å². The third-order valence-corrected chi connectivity index (χ3v) is 10.9. The maximum absolute atomic E-state index is 11.2. The van der Waals surface area contributed by atoms with Crippen LogP contribution in [0.2, 0.25) is 0 Å². The highest BCUT2D eigenvalue weighted by atomic mass is 32.1. The van der Waals surface area contributed by atoms with Gasteiger partial charge in [-0.25, -0.2) is 4.98 Å². The van der Waals surface area contributed by atoms with Crippen LogP contribution in [0.4, 0.5) is 0 Å². The molecule has 0 saturated heterocycles. The van der Waals surface area contributed by atoms with E-state index in [1.165, 1.54) is 41.3 Å². The van der Waals surface area contributed by atoms with Gasteiger partial charge >= 0.3 is 0 Å². The average molecular weight is 394 g/mol. The first-order valence-electron chi connectivity index (χ1n) is 11.3. The Balaban J connectivity index is 1.39. The molecule has 1 heterocycles. The fourth-order valence-electron chi connectivity index (χ4n) is 7.65. The third-order valence-electron chi connectivity index (χ3n) is 9.62. The molecular weight excluding hydrogens is 362 g/mol. The Morgan fingerprint density at radius 3 is 2.68 bits per heavy atom. The van der Waals surface area contributed by atoms with E-state index in [0.29, 0.717) is 11.8 Å². The standard InChI is InChI=1S/C25H31NOS/c1-4-25(27)14-10-18-16-7-8-19-21-20(26-22(28-21)15-5-6-15)11-12-23(19,2)17(16)9-13-24(18,25)3/h1,8,15-18,27H,5-7,9-14H2,2-3H3/t16-,17+,18+,23-,24+,25+/m1/s1. The second kappa shape index (κ2) is 5.52. The van der Waals surface area contributed by atoms with Gasteiger partial charge in [0, 0.05) is 11.3 Å². The third kappa shape index (κ3) is 2.07. The fourth-order valence-corrected chi connectivity index (χ4v) is 9.11. The van der Waals surface area contributed by atoms with Crippen LogP contribution in [0.1, 0.15) is 86.7 Å². The number of allylic oxidation sites excluding steroid dienone is 2. The molecule has 28 heavy (non-hydrogen) atoms. The molecule has 0 aromatic carbocycles. The summed E-state index contributed by atoms with van der Waals surface area (Å²) < 4.78 is 0. The van der Waals surface area contributed by atoms with Gasteiger partial charge in [-0.15, -0.1) is 17.8 Å². The van der Waals surface area contributed by atoms with E-state index < -0.39 is 5.60 Å². The molecule has 6 atom stereocenters. The molecule has 0 radical (unpaired) electrons. The number of thiazole rings is 1. The minimum Gasteiger partial charge on any atom is -0.377 e. The maximum Gasteiger partial charge on any atom is 0.130 e. The quantitative estimate of drug-likeness (QED) is 0.633. The minimum absolute atomic E-state index is 0.103. The van der Waals surface area contributed by atoms with Crippen molar-refractivity contribution in [1.82, 2.24) is 4.98 Å². The Hall–Kier alpha value is -1.11. The lowest BCUT2D eigenvalue weighted by molar-refractivity contribution is -0.0886. The van der Waals surface area contributed by atoms with Crippen molar-refractivity contribution in [3.05, 3.63) is 21.7 Å². The van der Waals surface area contributed by atoms with Crippen LogP contribution in [-0.2, 0) is 6.42 Å². The molecule has 5 aliphatic rings. The van der Waals surface area contributed by atoms with Crippen molar-refractivity contribution >= 4 is 16.9 Å². The lowest BCUT2D eigenvalue weighted by atomic mass is 9.47. The van der Waals surface area contributed by atoms with E-state index in [0.717, 1.165) is 43.9 Å². The van der Waals surface area contributed by atoms with Crippen LogP contribution in [0.3, 0.4) is 0 Å². The van der Waals surface area contributed by atoms with Gasteiger partial charge in [-0.05, 0) is 86.5 Å². The number of hydrogen-bond donors (Lipinski definition) is 1. The number of hydrogen-bond acceptors (Lipinski definition) is 3. The molecule has 1 N–H and O–H groups in total. The smallest absolute Gasteiger partial charge is 0.130 e. The highest BCUT2D eigenvalue weighted by molar-refractivity contribution is 7.13. The molecule has 0 unspecified atom stereocenters. The van der Waals surface area contributed by atoms with Crippen LogP contribution >= 0.6 is 11.3 Å². The van der Waals surface area contributed by atoms with Crippen LogP contribution in [-0.4, -0.2) is 15.7 Å². The van der Waals surface area contributed by atoms with Crippen LogP contribution in [0.25, 0.3) is 5.57 Å². The van der Waals surface area contributed by atoms with E-state index in [1.54, 1.807) is 5.57 Å². The SMILES string of the molecule is C#C[C@]1(O)CC[C@H]2[C@@H]3CC=C4c5sc(C6CC6)nc5CC[C@]4(C)[C@H]3CC[C@@]21C. The van der Waals surface area contributed by atoms with Gasteiger partial charge in [0.2, 0.25) is 0 Å². The maximum atomic E-state index is 11.2. The number of aromatic nitrogens is 1. The molecule has 2 nitrogen and oxygen atoms in total. The van der Waals surface area contributed by atoms with Crippen molar-refractivity contribution < 1.29 is 5.11 Å². The summed E-state index contributed by atoms with van der Waals surface area (Å²) in [7, 11) is 0. The van der Waals surface area contributed by atoms with E-state index in [2.05, 4.69) is 25.8 Å². The molecule has 0 spiro atoms. The zero-order valence-electron chi connectivity index (χ0n) is 17.1. The first-order valence-corrected chi connectivity index (χ1v) is 12.1. The summed E-state index contributed by atoms with van der Waals surface area (Å²) >= 11 is 2.01. The summed E-state index contributed by atoms with van der Waals surface area (Å²) in [4.78, 5) is 6.58. The molecule has 0 aliphatic heterocycles. The number of rotatable bonds is 1. The fraction of sp³-hybridized carbons (Fsp3) is 0.720. The molecule has 148 valence electrons. The zero-order valence-corrected chi connectivity index (χ0v) is 17.9. The molecule has 1 aromatic rings. The highest BCUT2D eigenvalue weighted by Crippen LogP contribution is 2.68. The van der Waals surface area contributed by atoms with Crippen molar-refractivity contribution in [2.45, 2.75) is 83.2 Å². The van der Waals surface area contributed by atoms with Crippen molar-refractivity contribution in [3.8, 4) is 12.3 Å². The van der Waals surface area contributed by atoms with E-state index in [9.17, 15) is 5.11 Å². The van der Waals surface area contributed by atoms with E-state index >= 15 is 0 Å². The molecule has 0 bridgehead atoms. The van der Waals surface area contributed by atoms with Gasteiger partial charge in [0.1, 0.15) is 5.60 Å². The average Bonchev–Trinajstić information content (AvgIpc) is 3.38. The van der Waals surface area contributed by atoms with Crippen LogP contribution in [0.5, 0.6) is 0 Å². The second-order valence-corrected chi connectivity index (χ2v) is 11.8. The highest BCUT2D eigenvalue weighted by Gasteiger charge is 2.63. The molecule has 3 saturated carbocycles. The summed E-state index contributed by atoms with van der Waals surface area (Å²) in [5.74, 6) is 5.53. The second-order valence-electron chi connectivity index (χ2n) is 10.7. The topological polar surface area (TPSA) is 33.1 Å². The van der Waals surface area contributed by atoms with Crippen molar-refractivity contribution in [2.75, 3.05) is 0 Å². The summed E-state index contributed by atoms with van der Waals surface area (Å²) in [5.41, 5.74) is 2.28. The Morgan fingerprint density at radius 2 is 1.93 bits per heavy atom. The number of terminal acetylenes is 1. The van der Waals surface area contributed by atoms with E-state index in [4.69, 9.17) is 11.4 Å². The first-order chi connectivity index (χ1) is 13.4. The molecule has 3 heteroatoms. The van der Waals surface area contributed by atoms with Gasteiger partial charge < -0.3 is 5.11 Å². The minimum atomic E-state index is -0.899. The Labute approximate surface area is 172 Å². The molecule has 0 amide bonds. The molecule has 1 aromatic heterocycles. The van der Waals surface area contributed by atoms with Crippen LogP contribution < -0.4 is 0 Å². The summed E-state index contributed by atoms with van der Waals surface area (Å²) in [6.45, 7) is 4.83.